The molecule has 0 radical (unpaired) electrons. The van der Waals surface area contributed by atoms with E-state index in [9.17, 15) is 17.6 Å². The van der Waals surface area contributed by atoms with E-state index >= 15 is 0 Å². The molecule has 1 saturated heterocycles. The van der Waals surface area contributed by atoms with Gasteiger partial charge in [-0.15, -0.1) is 0 Å². The van der Waals surface area contributed by atoms with Gasteiger partial charge < -0.3 is 5.32 Å². The van der Waals surface area contributed by atoms with E-state index in [0.29, 0.717) is 6.04 Å². The lowest BCUT2D eigenvalue weighted by Crippen LogP contribution is -2.51. The third-order valence-electron chi connectivity index (χ3n) is 6.05. The van der Waals surface area contributed by atoms with Crippen LogP contribution in [0.4, 0.5) is 4.39 Å². The molecule has 7 heteroatoms. The molecule has 1 amide bonds. The molecule has 1 aromatic carbocycles. The topological polar surface area (TPSA) is 66.5 Å². The quantitative estimate of drug-likeness (QED) is 0.731. The molecule has 2 unspecified atom stereocenters. The van der Waals surface area contributed by atoms with Crippen LogP contribution in [0.25, 0.3) is 0 Å². The smallest absolute Gasteiger partial charge is 0.221 e. The zero-order chi connectivity index (χ0) is 20.1. The summed E-state index contributed by atoms with van der Waals surface area (Å²) >= 11 is 0. The summed E-state index contributed by atoms with van der Waals surface area (Å²) in [4.78, 5) is 15.0. The SMILES string of the molecule is CC(CC(=O)NC1CCCN(C2CCCCC2)C1)S(=O)(=O)c1ccc(F)cc1. The average molecular weight is 411 g/mol. The number of piperidine rings is 1. The van der Waals surface area contributed by atoms with Gasteiger partial charge in [-0.3, -0.25) is 9.69 Å². The third-order valence-corrected chi connectivity index (χ3v) is 8.21. The van der Waals surface area contributed by atoms with E-state index in [1.807, 2.05) is 0 Å². The Kier molecular flexibility index (Phi) is 7.10. The summed E-state index contributed by atoms with van der Waals surface area (Å²) in [5.74, 6) is -0.710. The number of benzene rings is 1. The molecule has 0 spiro atoms. The lowest BCUT2D eigenvalue weighted by Gasteiger charge is -2.40. The van der Waals surface area contributed by atoms with Gasteiger partial charge in [-0.05, 0) is 63.4 Å². The predicted molar refractivity (Wildman–Crippen MR) is 107 cm³/mol. The van der Waals surface area contributed by atoms with Crippen LogP contribution in [0.3, 0.4) is 0 Å². The van der Waals surface area contributed by atoms with Gasteiger partial charge in [0.05, 0.1) is 10.1 Å². The summed E-state index contributed by atoms with van der Waals surface area (Å²) in [6.07, 6.45) is 8.30. The molecule has 2 fully saturated rings. The normalized spacial score (nSPS) is 23.3. The van der Waals surface area contributed by atoms with Crippen molar-refractivity contribution in [1.29, 1.82) is 0 Å². The first kappa shape index (κ1) is 21.2. The second kappa shape index (κ2) is 9.35. The van der Waals surface area contributed by atoms with Gasteiger partial charge in [0.15, 0.2) is 9.84 Å². The van der Waals surface area contributed by atoms with Gasteiger partial charge >= 0.3 is 0 Å². The van der Waals surface area contributed by atoms with Crippen LogP contribution in [-0.4, -0.2) is 49.6 Å². The van der Waals surface area contributed by atoms with Crippen molar-refractivity contribution < 1.29 is 17.6 Å². The molecule has 1 aromatic rings. The highest BCUT2D eigenvalue weighted by atomic mass is 32.2. The number of hydrogen-bond acceptors (Lipinski definition) is 4. The Bertz CT molecular complexity index is 760. The van der Waals surface area contributed by atoms with E-state index in [-0.39, 0.29) is 23.3 Å². The van der Waals surface area contributed by atoms with Gasteiger partial charge in [0.25, 0.3) is 0 Å². The molecular formula is C21H31FN2O3S. The fourth-order valence-electron chi connectivity index (χ4n) is 4.42. The number of halogens is 1. The van der Waals surface area contributed by atoms with E-state index in [0.717, 1.165) is 38.1 Å². The Hall–Kier alpha value is -1.47. The number of nitrogens with zero attached hydrogens (tertiary/aromatic N) is 1. The molecule has 5 nitrogen and oxygen atoms in total. The number of hydrogen-bond donors (Lipinski definition) is 1. The third kappa shape index (κ3) is 5.32. The molecule has 28 heavy (non-hydrogen) atoms. The van der Waals surface area contributed by atoms with Crippen LogP contribution < -0.4 is 5.32 Å². The van der Waals surface area contributed by atoms with Crippen LogP contribution in [0.5, 0.6) is 0 Å². The Morgan fingerprint density at radius 1 is 1.14 bits per heavy atom. The number of nitrogens with one attached hydrogen (secondary N) is 1. The number of sulfone groups is 1. The van der Waals surface area contributed by atoms with Crippen molar-refractivity contribution in [3.8, 4) is 0 Å². The molecule has 2 aliphatic rings. The molecule has 1 aliphatic carbocycles. The number of amides is 1. The first-order valence-electron chi connectivity index (χ1n) is 10.4. The highest BCUT2D eigenvalue weighted by molar-refractivity contribution is 7.92. The first-order chi connectivity index (χ1) is 13.4. The Morgan fingerprint density at radius 2 is 1.82 bits per heavy atom. The van der Waals surface area contributed by atoms with Crippen LogP contribution in [0.1, 0.15) is 58.3 Å². The van der Waals surface area contributed by atoms with Gasteiger partial charge in [0, 0.05) is 25.0 Å². The summed E-state index contributed by atoms with van der Waals surface area (Å²) in [5, 5.41) is 2.20. The molecule has 3 rings (SSSR count). The van der Waals surface area contributed by atoms with Crippen molar-refractivity contribution in [3.05, 3.63) is 30.1 Å². The molecule has 1 N–H and O–H groups in total. The van der Waals surface area contributed by atoms with E-state index in [1.54, 1.807) is 0 Å². The highest BCUT2D eigenvalue weighted by Crippen LogP contribution is 2.25. The molecule has 156 valence electrons. The minimum atomic E-state index is -3.66. The van der Waals surface area contributed by atoms with E-state index in [1.165, 1.54) is 51.2 Å². The van der Waals surface area contributed by atoms with Crippen molar-refractivity contribution >= 4 is 15.7 Å². The largest absolute Gasteiger partial charge is 0.352 e. The summed E-state index contributed by atoms with van der Waals surface area (Å²) in [5.41, 5.74) is 0. The highest BCUT2D eigenvalue weighted by Gasteiger charge is 2.30. The van der Waals surface area contributed by atoms with Crippen molar-refractivity contribution in [3.63, 3.8) is 0 Å². The zero-order valence-corrected chi connectivity index (χ0v) is 17.4. The average Bonchev–Trinajstić information content (AvgIpc) is 2.69. The minimum absolute atomic E-state index is 0.0512. The van der Waals surface area contributed by atoms with Crippen LogP contribution in [-0.2, 0) is 14.6 Å². The maximum atomic E-state index is 13.0. The summed E-state index contributed by atoms with van der Waals surface area (Å²) in [7, 11) is -3.66. The lowest BCUT2D eigenvalue weighted by atomic mass is 9.92. The fourth-order valence-corrected chi connectivity index (χ4v) is 5.77. The standard InChI is InChI=1S/C21H31FN2O3S/c1-16(28(26,27)20-11-9-17(22)10-12-20)14-21(25)23-18-6-5-13-24(15-18)19-7-3-2-4-8-19/h9-12,16,18-19H,2-8,13-15H2,1H3,(H,23,25). The van der Waals surface area contributed by atoms with Gasteiger partial charge in [0.1, 0.15) is 5.82 Å². The van der Waals surface area contributed by atoms with Crippen LogP contribution in [0, 0.1) is 5.82 Å². The van der Waals surface area contributed by atoms with E-state index in [2.05, 4.69) is 10.2 Å². The maximum absolute atomic E-state index is 13.0. The predicted octanol–water partition coefficient (Wildman–Crippen LogP) is 3.29. The lowest BCUT2D eigenvalue weighted by molar-refractivity contribution is -0.122. The minimum Gasteiger partial charge on any atom is -0.352 e. The van der Waals surface area contributed by atoms with Crippen LogP contribution in [0.2, 0.25) is 0 Å². The van der Waals surface area contributed by atoms with Gasteiger partial charge in [-0.1, -0.05) is 19.3 Å². The molecular weight excluding hydrogens is 379 g/mol. The zero-order valence-electron chi connectivity index (χ0n) is 16.6. The molecule has 1 aliphatic heterocycles. The van der Waals surface area contributed by atoms with Crippen molar-refractivity contribution in [2.24, 2.45) is 0 Å². The molecule has 0 bridgehead atoms. The Morgan fingerprint density at radius 3 is 2.50 bits per heavy atom. The van der Waals surface area contributed by atoms with E-state index < -0.39 is 20.9 Å². The van der Waals surface area contributed by atoms with Gasteiger partial charge in [-0.2, -0.15) is 0 Å². The second-order valence-electron chi connectivity index (χ2n) is 8.21. The van der Waals surface area contributed by atoms with Crippen molar-refractivity contribution in [2.45, 2.75) is 80.5 Å². The number of carbonyl (C=O) groups excluding carboxylic acids is 1. The van der Waals surface area contributed by atoms with Crippen LogP contribution in [0.15, 0.2) is 29.2 Å². The van der Waals surface area contributed by atoms with Gasteiger partial charge in [-0.25, -0.2) is 12.8 Å². The molecule has 2 atom stereocenters. The van der Waals surface area contributed by atoms with E-state index in [4.69, 9.17) is 0 Å². The monoisotopic (exact) mass is 410 g/mol. The van der Waals surface area contributed by atoms with Crippen molar-refractivity contribution in [1.82, 2.24) is 10.2 Å². The fraction of sp³-hybridized carbons (Fsp3) is 0.667. The summed E-state index contributed by atoms with van der Waals surface area (Å²) in [6.45, 7) is 3.48. The Labute approximate surface area is 167 Å². The Balaban J connectivity index is 1.53. The number of rotatable bonds is 6. The van der Waals surface area contributed by atoms with Crippen molar-refractivity contribution in [2.75, 3.05) is 13.1 Å². The maximum Gasteiger partial charge on any atom is 0.221 e. The first-order valence-corrected chi connectivity index (χ1v) is 11.9. The second-order valence-corrected chi connectivity index (χ2v) is 10.6. The molecule has 1 heterocycles. The van der Waals surface area contributed by atoms with Crippen LogP contribution >= 0.6 is 0 Å². The summed E-state index contributed by atoms with van der Waals surface area (Å²) in [6, 6.07) is 5.48. The molecule has 1 saturated carbocycles. The summed E-state index contributed by atoms with van der Waals surface area (Å²) < 4.78 is 38.3. The number of carbonyl (C=O) groups is 1. The number of likely N-dealkylation sites (tertiary alicyclic amines) is 1. The molecule has 0 aromatic heterocycles. The van der Waals surface area contributed by atoms with Gasteiger partial charge in [0.2, 0.25) is 5.91 Å².